The molecule has 2 N–H and O–H groups in total. The van der Waals surface area contributed by atoms with Crippen molar-refractivity contribution in [2.75, 3.05) is 41.8 Å². The average molecular weight is 461 g/mol. The van der Waals surface area contributed by atoms with Gasteiger partial charge in [0.1, 0.15) is 5.82 Å². The standard InChI is InChI=1S/C24H23N5O5/c1-16-5-6-19(15-21(16)27-24(31)17-3-2-4-20(13-17)29(32)33)26-23(30)18-7-8-25-22(14-18)28-9-11-34-12-10-28/h2-8,13-15H,9-12H2,1H3,(H,26,30)(H,27,31). The number of carbonyl (C=O) groups excluding carboxylic acids is 2. The van der Waals surface area contributed by atoms with Gasteiger partial charge in [-0.15, -0.1) is 0 Å². The molecule has 2 heterocycles. The summed E-state index contributed by atoms with van der Waals surface area (Å²) in [5.41, 5.74) is 2.21. The number of non-ortho nitro benzene ring substituents is 1. The second-order valence-electron chi connectivity index (χ2n) is 7.75. The van der Waals surface area contributed by atoms with Gasteiger partial charge >= 0.3 is 0 Å². The lowest BCUT2D eigenvalue weighted by molar-refractivity contribution is -0.384. The molecule has 1 aliphatic rings. The number of nitrogens with one attached hydrogen (secondary N) is 2. The lowest BCUT2D eigenvalue weighted by Crippen LogP contribution is -2.36. The number of pyridine rings is 1. The van der Waals surface area contributed by atoms with E-state index in [-0.39, 0.29) is 17.2 Å². The van der Waals surface area contributed by atoms with Gasteiger partial charge in [0.05, 0.1) is 18.1 Å². The van der Waals surface area contributed by atoms with Crippen molar-refractivity contribution in [2.24, 2.45) is 0 Å². The number of nitrogens with zero attached hydrogens (tertiary/aromatic N) is 3. The fourth-order valence-electron chi connectivity index (χ4n) is 3.52. The van der Waals surface area contributed by atoms with Gasteiger partial charge in [0, 0.05) is 53.9 Å². The maximum absolute atomic E-state index is 12.9. The van der Waals surface area contributed by atoms with Crippen LogP contribution < -0.4 is 15.5 Å². The molecule has 0 saturated carbocycles. The Kier molecular flexibility index (Phi) is 6.79. The minimum Gasteiger partial charge on any atom is -0.378 e. The summed E-state index contributed by atoms with van der Waals surface area (Å²) < 4.78 is 5.36. The van der Waals surface area contributed by atoms with Crippen molar-refractivity contribution in [2.45, 2.75) is 6.92 Å². The molecule has 1 fully saturated rings. The fourth-order valence-corrected chi connectivity index (χ4v) is 3.52. The Hall–Kier alpha value is -4.31. The molecule has 0 aliphatic carbocycles. The molecule has 0 radical (unpaired) electrons. The van der Waals surface area contributed by atoms with Gasteiger partial charge in [-0.2, -0.15) is 0 Å². The zero-order valence-corrected chi connectivity index (χ0v) is 18.5. The van der Waals surface area contributed by atoms with Crippen LogP contribution in [0.4, 0.5) is 22.9 Å². The fraction of sp³-hybridized carbons (Fsp3) is 0.208. The number of rotatable bonds is 6. The molecule has 2 aromatic carbocycles. The highest BCUT2D eigenvalue weighted by Crippen LogP contribution is 2.23. The zero-order chi connectivity index (χ0) is 24.1. The smallest absolute Gasteiger partial charge is 0.270 e. The maximum atomic E-state index is 12.9. The third kappa shape index (κ3) is 5.36. The van der Waals surface area contributed by atoms with Crippen LogP contribution in [0.2, 0.25) is 0 Å². The second-order valence-corrected chi connectivity index (χ2v) is 7.75. The number of carbonyl (C=O) groups is 2. The van der Waals surface area contributed by atoms with Crippen LogP contribution in [0.15, 0.2) is 60.8 Å². The Labute approximate surface area is 195 Å². The van der Waals surface area contributed by atoms with E-state index in [4.69, 9.17) is 4.74 Å². The van der Waals surface area contributed by atoms with E-state index in [1.807, 2.05) is 6.92 Å². The molecule has 10 nitrogen and oxygen atoms in total. The molecule has 3 aromatic rings. The lowest BCUT2D eigenvalue weighted by atomic mass is 10.1. The van der Waals surface area contributed by atoms with Gasteiger partial charge in [0.25, 0.3) is 17.5 Å². The molecule has 0 atom stereocenters. The number of aryl methyl sites for hydroxylation is 1. The summed E-state index contributed by atoms with van der Waals surface area (Å²) >= 11 is 0. The molecule has 174 valence electrons. The minimum atomic E-state index is -0.554. The monoisotopic (exact) mass is 461 g/mol. The zero-order valence-electron chi connectivity index (χ0n) is 18.5. The predicted molar refractivity (Wildman–Crippen MR) is 127 cm³/mol. The van der Waals surface area contributed by atoms with Crippen molar-refractivity contribution < 1.29 is 19.2 Å². The first-order valence-electron chi connectivity index (χ1n) is 10.7. The first-order chi connectivity index (χ1) is 16.4. The third-order valence-electron chi connectivity index (χ3n) is 5.41. The molecule has 1 aromatic heterocycles. The molecule has 4 rings (SSSR count). The highest BCUT2D eigenvalue weighted by Gasteiger charge is 2.16. The Bertz CT molecular complexity index is 1240. The maximum Gasteiger partial charge on any atom is 0.270 e. The van der Waals surface area contributed by atoms with Crippen LogP contribution in [0.3, 0.4) is 0 Å². The van der Waals surface area contributed by atoms with Crippen molar-refractivity contribution in [1.82, 2.24) is 4.98 Å². The third-order valence-corrected chi connectivity index (χ3v) is 5.41. The molecule has 2 amide bonds. The van der Waals surface area contributed by atoms with Crippen molar-refractivity contribution >= 4 is 34.7 Å². The molecule has 34 heavy (non-hydrogen) atoms. The summed E-state index contributed by atoms with van der Waals surface area (Å²) in [6.07, 6.45) is 1.60. The van der Waals surface area contributed by atoms with E-state index >= 15 is 0 Å². The van der Waals surface area contributed by atoms with E-state index in [9.17, 15) is 19.7 Å². The molecule has 0 bridgehead atoms. The van der Waals surface area contributed by atoms with E-state index in [1.54, 1.807) is 36.5 Å². The van der Waals surface area contributed by atoms with Gasteiger partial charge in [-0.25, -0.2) is 4.98 Å². The normalized spacial score (nSPS) is 13.3. The number of nitro benzene ring substituents is 1. The molecule has 0 unspecified atom stereocenters. The first kappa shape index (κ1) is 22.9. The number of hydrogen-bond acceptors (Lipinski definition) is 7. The van der Waals surface area contributed by atoms with Crippen LogP contribution in [0.25, 0.3) is 0 Å². The first-order valence-corrected chi connectivity index (χ1v) is 10.7. The van der Waals surface area contributed by atoms with E-state index < -0.39 is 10.8 Å². The number of ether oxygens (including phenoxy) is 1. The van der Waals surface area contributed by atoms with Gasteiger partial charge in [-0.3, -0.25) is 19.7 Å². The molecule has 10 heteroatoms. The molecule has 0 spiro atoms. The number of aromatic nitrogens is 1. The van der Waals surface area contributed by atoms with E-state index in [0.717, 1.165) is 5.56 Å². The van der Waals surface area contributed by atoms with Crippen LogP contribution in [-0.4, -0.2) is 48.0 Å². The van der Waals surface area contributed by atoms with Gasteiger partial charge in [0.15, 0.2) is 0 Å². The van der Waals surface area contributed by atoms with Gasteiger partial charge < -0.3 is 20.3 Å². The lowest BCUT2D eigenvalue weighted by Gasteiger charge is -2.27. The topological polar surface area (TPSA) is 127 Å². The van der Waals surface area contributed by atoms with Crippen LogP contribution >= 0.6 is 0 Å². The van der Waals surface area contributed by atoms with E-state index in [0.29, 0.717) is 49.1 Å². The molecular weight excluding hydrogens is 438 g/mol. The number of benzene rings is 2. The Morgan fingerprint density at radius 2 is 1.74 bits per heavy atom. The summed E-state index contributed by atoms with van der Waals surface area (Å²) in [4.78, 5) is 42.4. The van der Waals surface area contributed by atoms with Crippen LogP contribution in [0.1, 0.15) is 26.3 Å². The summed E-state index contributed by atoms with van der Waals surface area (Å²) in [6, 6.07) is 14.0. The van der Waals surface area contributed by atoms with Crippen molar-refractivity contribution in [3.63, 3.8) is 0 Å². The van der Waals surface area contributed by atoms with Crippen molar-refractivity contribution in [3.05, 3.63) is 87.6 Å². The average Bonchev–Trinajstić information content (AvgIpc) is 2.86. The van der Waals surface area contributed by atoms with E-state index in [1.165, 1.54) is 24.3 Å². The number of amides is 2. The quantitative estimate of drug-likeness (QED) is 0.424. The number of morpholine rings is 1. The Balaban J connectivity index is 1.48. The summed E-state index contributed by atoms with van der Waals surface area (Å²) in [7, 11) is 0. The van der Waals surface area contributed by atoms with Gasteiger partial charge in [-0.05, 0) is 42.8 Å². The van der Waals surface area contributed by atoms with Crippen molar-refractivity contribution in [3.8, 4) is 0 Å². The summed E-state index contributed by atoms with van der Waals surface area (Å²) in [5.74, 6) is -0.0824. The highest BCUT2D eigenvalue weighted by molar-refractivity contribution is 6.07. The van der Waals surface area contributed by atoms with Crippen LogP contribution in [-0.2, 0) is 4.74 Å². The SMILES string of the molecule is Cc1ccc(NC(=O)c2ccnc(N3CCOCC3)c2)cc1NC(=O)c1cccc([N+](=O)[O-])c1. The minimum absolute atomic E-state index is 0.162. The van der Waals surface area contributed by atoms with Crippen LogP contribution in [0, 0.1) is 17.0 Å². The van der Waals surface area contributed by atoms with Gasteiger partial charge in [0.2, 0.25) is 0 Å². The van der Waals surface area contributed by atoms with Gasteiger partial charge in [-0.1, -0.05) is 12.1 Å². The molecular formula is C24H23N5O5. The van der Waals surface area contributed by atoms with Crippen molar-refractivity contribution in [1.29, 1.82) is 0 Å². The Morgan fingerprint density at radius 1 is 1.00 bits per heavy atom. The largest absolute Gasteiger partial charge is 0.378 e. The van der Waals surface area contributed by atoms with Crippen LogP contribution in [0.5, 0.6) is 0 Å². The highest BCUT2D eigenvalue weighted by atomic mass is 16.6. The summed E-state index contributed by atoms with van der Waals surface area (Å²) in [6.45, 7) is 4.47. The molecule has 1 aliphatic heterocycles. The molecule has 1 saturated heterocycles. The summed E-state index contributed by atoms with van der Waals surface area (Å²) in [5, 5.41) is 16.6. The Morgan fingerprint density at radius 3 is 2.50 bits per heavy atom. The number of nitro groups is 1. The second kappa shape index (κ2) is 10.1. The number of anilines is 3. The van der Waals surface area contributed by atoms with E-state index in [2.05, 4.69) is 20.5 Å². The predicted octanol–water partition coefficient (Wildman–Crippen LogP) is 3.64. The number of hydrogen-bond donors (Lipinski definition) is 2.